The number of nitrogens with one attached hydrogen (secondary N) is 1. The Bertz CT molecular complexity index is 689. The quantitative estimate of drug-likeness (QED) is 0.757. The molecule has 5 nitrogen and oxygen atoms in total. The van der Waals surface area contributed by atoms with Gasteiger partial charge in [-0.15, -0.1) is 0 Å². The smallest absolute Gasteiger partial charge is 0.335 e. The molecular weight excluding hydrogens is 280 g/mol. The van der Waals surface area contributed by atoms with E-state index in [0.29, 0.717) is 11.4 Å². The fraction of sp³-hybridized carbons (Fsp3) is 0.176. The van der Waals surface area contributed by atoms with Gasteiger partial charge in [0.25, 0.3) is 0 Å². The van der Waals surface area contributed by atoms with Crippen molar-refractivity contribution in [2.45, 2.75) is 19.3 Å². The summed E-state index contributed by atoms with van der Waals surface area (Å²) in [6, 6.07) is 13.2. The first-order valence-corrected chi connectivity index (χ1v) is 6.81. The Labute approximate surface area is 128 Å². The summed E-state index contributed by atoms with van der Waals surface area (Å²) >= 11 is 0. The minimum absolute atomic E-state index is 0.177. The van der Waals surface area contributed by atoms with Crippen molar-refractivity contribution in [3.05, 3.63) is 59.7 Å². The van der Waals surface area contributed by atoms with Crippen LogP contribution in [0.1, 0.15) is 29.8 Å². The van der Waals surface area contributed by atoms with Crippen molar-refractivity contribution >= 4 is 23.3 Å². The molecule has 114 valence electrons. The third kappa shape index (κ3) is 3.25. The molecule has 0 aliphatic rings. The number of anilines is 2. The van der Waals surface area contributed by atoms with Crippen LogP contribution in [0.5, 0.6) is 0 Å². The molecule has 1 amide bonds. The van der Waals surface area contributed by atoms with Gasteiger partial charge in [-0.1, -0.05) is 12.1 Å². The molecule has 0 aliphatic carbocycles. The highest BCUT2D eigenvalue weighted by molar-refractivity contribution is 5.99. The normalized spacial score (nSPS) is 11.0. The molecule has 2 aromatic carbocycles. The summed E-state index contributed by atoms with van der Waals surface area (Å²) < 4.78 is 0. The predicted molar refractivity (Wildman–Crippen MR) is 85.9 cm³/mol. The summed E-state index contributed by atoms with van der Waals surface area (Å²) in [7, 11) is 0. The molecule has 0 spiro atoms. The fourth-order valence-electron chi connectivity index (χ4n) is 2.01. The van der Waals surface area contributed by atoms with E-state index in [-0.39, 0.29) is 11.5 Å². The van der Waals surface area contributed by atoms with Gasteiger partial charge < -0.3 is 16.2 Å². The van der Waals surface area contributed by atoms with Crippen LogP contribution >= 0.6 is 0 Å². The fourth-order valence-corrected chi connectivity index (χ4v) is 2.01. The van der Waals surface area contributed by atoms with E-state index >= 15 is 0 Å². The van der Waals surface area contributed by atoms with Gasteiger partial charge in [-0.25, -0.2) is 4.79 Å². The SMILES string of the molecule is CC(C)(C(=O)Nc1ccc(C(=O)O)cc1)c1ccc(N)cc1. The second-order valence-electron chi connectivity index (χ2n) is 5.58. The lowest BCUT2D eigenvalue weighted by atomic mass is 9.83. The number of carboxylic acid groups (broad SMARTS) is 1. The van der Waals surface area contributed by atoms with Gasteiger partial charge in [0.1, 0.15) is 0 Å². The van der Waals surface area contributed by atoms with Gasteiger partial charge in [-0.2, -0.15) is 0 Å². The van der Waals surface area contributed by atoms with Crippen molar-refractivity contribution in [1.29, 1.82) is 0 Å². The van der Waals surface area contributed by atoms with E-state index in [2.05, 4.69) is 5.32 Å². The van der Waals surface area contributed by atoms with E-state index in [1.54, 1.807) is 24.3 Å². The summed E-state index contributed by atoms with van der Waals surface area (Å²) in [6.07, 6.45) is 0. The third-order valence-corrected chi connectivity index (χ3v) is 3.59. The number of rotatable bonds is 4. The van der Waals surface area contributed by atoms with E-state index in [1.165, 1.54) is 12.1 Å². The second kappa shape index (κ2) is 5.89. The van der Waals surface area contributed by atoms with Crippen molar-refractivity contribution in [3.8, 4) is 0 Å². The number of carbonyl (C=O) groups excluding carboxylic acids is 1. The molecule has 0 fully saturated rings. The van der Waals surface area contributed by atoms with Crippen molar-refractivity contribution in [1.82, 2.24) is 0 Å². The van der Waals surface area contributed by atoms with Crippen LogP contribution in [0.15, 0.2) is 48.5 Å². The van der Waals surface area contributed by atoms with E-state index in [1.807, 2.05) is 26.0 Å². The van der Waals surface area contributed by atoms with Crippen molar-refractivity contribution in [3.63, 3.8) is 0 Å². The van der Waals surface area contributed by atoms with Crippen molar-refractivity contribution in [2.75, 3.05) is 11.1 Å². The average Bonchev–Trinajstić information content (AvgIpc) is 2.48. The summed E-state index contributed by atoms with van der Waals surface area (Å²) in [5.41, 5.74) is 7.14. The van der Waals surface area contributed by atoms with Crippen molar-refractivity contribution in [2.24, 2.45) is 0 Å². The first kappa shape index (κ1) is 15.6. The summed E-state index contributed by atoms with van der Waals surface area (Å²) in [5.74, 6) is -1.18. The predicted octanol–water partition coefficient (Wildman–Crippen LogP) is 2.88. The molecule has 5 heteroatoms. The molecule has 2 aromatic rings. The summed E-state index contributed by atoms with van der Waals surface area (Å²) in [5, 5.41) is 11.7. The number of benzene rings is 2. The second-order valence-corrected chi connectivity index (χ2v) is 5.58. The molecule has 0 bridgehead atoms. The Morgan fingerprint density at radius 1 is 1.00 bits per heavy atom. The van der Waals surface area contributed by atoms with E-state index in [0.717, 1.165) is 5.56 Å². The molecule has 0 unspecified atom stereocenters. The Hall–Kier alpha value is -2.82. The lowest BCUT2D eigenvalue weighted by Gasteiger charge is -2.24. The maximum Gasteiger partial charge on any atom is 0.335 e. The van der Waals surface area contributed by atoms with Gasteiger partial charge in [-0.05, 0) is 55.8 Å². The Morgan fingerprint density at radius 2 is 1.55 bits per heavy atom. The minimum Gasteiger partial charge on any atom is -0.478 e. The van der Waals surface area contributed by atoms with E-state index < -0.39 is 11.4 Å². The van der Waals surface area contributed by atoms with E-state index in [4.69, 9.17) is 10.8 Å². The van der Waals surface area contributed by atoms with Crippen molar-refractivity contribution < 1.29 is 14.7 Å². The number of carboxylic acids is 1. The van der Waals surface area contributed by atoms with E-state index in [9.17, 15) is 9.59 Å². The zero-order chi connectivity index (χ0) is 16.3. The van der Waals surface area contributed by atoms with Crippen LogP contribution in [0.3, 0.4) is 0 Å². The number of aromatic carboxylic acids is 1. The maximum atomic E-state index is 12.5. The van der Waals surface area contributed by atoms with Gasteiger partial charge >= 0.3 is 5.97 Å². The molecule has 0 heterocycles. The highest BCUT2D eigenvalue weighted by atomic mass is 16.4. The lowest BCUT2D eigenvalue weighted by Crippen LogP contribution is -2.34. The van der Waals surface area contributed by atoms with Crippen LogP contribution in [0.25, 0.3) is 0 Å². The Kier molecular flexibility index (Phi) is 4.17. The topological polar surface area (TPSA) is 92.4 Å². The summed E-state index contributed by atoms with van der Waals surface area (Å²) in [6.45, 7) is 3.64. The number of nitrogen functional groups attached to an aromatic ring is 1. The number of carbonyl (C=O) groups is 2. The minimum atomic E-state index is -1.000. The molecule has 0 aliphatic heterocycles. The molecule has 0 saturated heterocycles. The van der Waals surface area contributed by atoms with Crippen LogP contribution in [-0.2, 0) is 10.2 Å². The molecule has 0 saturated carbocycles. The zero-order valence-electron chi connectivity index (χ0n) is 12.5. The Balaban J connectivity index is 2.16. The van der Waals surface area contributed by atoms with Crippen LogP contribution in [0.4, 0.5) is 11.4 Å². The number of nitrogens with two attached hydrogens (primary N) is 1. The van der Waals surface area contributed by atoms with Gasteiger partial charge in [0.2, 0.25) is 5.91 Å². The average molecular weight is 298 g/mol. The maximum absolute atomic E-state index is 12.5. The van der Waals surface area contributed by atoms with Gasteiger partial charge in [0.05, 0.1) is 11.0 Å². The van der Waals surface area contributed by atoms with Crippen LogP contribution in [-0.4, -0.2) is 17.0 Å². The molecular formula is C17H18N2O3. The van der Waals surface area contributed by atoms with Crippen LogP contribution in [0, 0.1) is 0 Å². The number of amides is 1. The first-order chi connectivity index (χ1) is 10.3. The summed E-state index contributed by atoms with van der Waals surface area (Å²) in [4.78, 5) is 23.3. The third-order valence-electron chi connectivity index (χ3n) is 3.59. The van der Waals surface area contributed by atoms with Gasteiger partial charge in [-0.3, -0.25) is 4.79 Å². The molecule has 2 rings (SSSR count). The van der Waals surface area contributed by atoms with Crippen LogP contribution < -0.4 is 11.1 Å². The molecule has 0 radical (unpaired) electrons. The molecule has 0 atom stereocenters. The standard InChI is InChI=1S/C17H18N2O3/c1-17(2,12-5-7-13(18)8-6-12)16(22)19-14-9-3-11(4-10-14)15(20)21/h3-10H,18H2,1-2H3,(H,19,22)(H,20,21). The first-order valence-electron chi connectivity index (χ1n) is 6.81. The largest absolute Gasteiger partial charge is 0.478 e. The highest BCUT2D eigenvalue weighted by Gasteiger charge is 2.29. The van der Waals surface area contributed by atoms with Gasteiger partial charge in [0, 0.05) is 11.4 Å². The molecule has 4 N–H and O–H groups in total. The lowest BCUT2D eigenvalue weighted by molar-refractivity contribution is -0.120. The van der Waals surface area contributed by atoms with Gasteiger partial charge in [0.15, 0.2) is 0 Å². The molecule has 22 heavy (non-hydrogen) atoms. The zero-order valence-corrected chi connectivity index (χ0v) is 12.5. The monoisotopic (exact) mass is 298 g/mol. The highest BCUT2D eigenvalue weighted by Crippen LogP contribution is 2.26. The van der Waals surface area contributed by atoms with Crippen LogP contribution in [0.2, 0.25) is 0 Å². The Morgan fingerprint density at radius 3 is 2.05 bits per heavy atom. The number of hydrogen-bond acceptors (Lipinski definition) is 3. The molecule has 0 aromatic heterocycles. The number of hydrogen-bond donors (Lipinski definition) is 3.